The molecule has 1 saturated carbocycles. The molecule has 0 atom stereocenters. The topological polar surface area (TPSA) is 59.8 Å². The number of amides is 1. The fraction of sp³-hybridized carbons (Fsp3) is 0.211. The maximum atomic E-state index is 14.2. The van der Waals surface area contributed by atoms with Crippen molar-refractivity contribution >= 4 is 45.9 Å². The lowest BCUT2D eigenvalue weighted by atomic mass is 10.2. The Kier molecular flexibility index (Phi) is 5.44. The normalized spacial score (nSPS) is 13.6. The van der Waals surface area contributed by atoms with Crippen LogP contribution in [0.15, 0.2) is 53.7 Å². The molecule has 0 aliphatic heterocycles. The zero-order valence-corrected chi connectivity index (χ0v) is 17.2. The van der Waals surface area contributed by atoms with Gasteiger partial charge in [-0.05, 0) is 71.8 Å². The monoisotopic (exact) mass is 494 g/mol. The number of nitrogens with zero attached hydrogens (tertiary/aromatic N) is 3. The Labute approximate surface area is 173 Å². The molecule has 27 heavy (non-hydrogen) atoms. The predicted octanol–water partition coefficient (Wildman–Crippen LogP) is 4.75. The van der Waals surface area contributed by atoms with E-state index in [9.17, 15) is 9.18 Å². The van der Waals surface area contributed by atoms with E-state index in [0.29, 0.717) is 16.5 Å². The van der Waals surface area contributed by atoms with Gasteiger partial charge in [0.25, 0.3) is 0 Å². The summed E-state index contributed by atoms with van der Waals surface area (Å²) in [5, 5.41) is 11.9. The molecule has 8 heteroatoms. The second-order valence-corrected chi connectivity index (χ2v) is 8.42. The van der Waals surface area contributed by atoms with Crippen molar-refractivity contribution in [2.24, 2.45) is 0 Å². The van der Waals surface area contributed by atoms with Crippen LogP contribution in [0.25, 0.3) is 11.4 Å². The largest absolute Gasteiger partial charge is 0.325 e. The van der Waals surface area contributed by atoms with Gasteiger partial charge >= 0.3 is 0 Å². The van der Waals surface area contributed by atoms with E-state index in [-0.39, 0.29) is 23.5 Å². The summed E-state index contributed by atoms with van der Waals surface area (Å²) in [4.78, 5) is 12.2. The van der Waals surface area contributed by atoms with E-state index >= 15 is 0 Å². The molecule has 1 fully saturated rings. The highest BCUT2D eigenvalue weighted by atomic mass is 127. The molecule has 0 radical (unpaired) electrons. The summed E-state index contributed by atoms with van der Waals surface area (Å²) in [6.45, 7) is 0. The highest BCUT2D eigenvalue weighted by molar-refractivity contribution is 14.1. The SMILES string of the molecule is O=C(CSc1nnc(-c2ccccc2F)n1C1CC1)Nc1ccc(I)cc1. The fourth-order valence-electron chi connectivity index (χ4n) is 2.72. The minimum Gasteiger partial charge on any atom is -0.325 e. The molecule has 1 amide bonds. The molecule has 0 bridgehead atoms. The molecular weight excluding hydrogens is 478 g/mol. The summed E-state index contributed by atoms with van der Waals surface area (Å²) in [5.74, 6) is 0.309. The number of carbonyl (C=O) groups is 1. The van der Waals surface area contributed by atoms with Crippen molar-refractivity contribution in [2.75, 3.05) is 11.1 Å². The van der Waals surface area contributed by atoms with Crippen LogP contribution in [0.4, 0.5) is 10.1 Å². The zero-order valence-electron chi connectivity index (χ0n) is 14.2. The number of aromatic nitrogens is 3. The van der Waals surface area contributed by atoms with Gasteiger partial charge in [-0.15, -0.1) is 10.2 Å². The van der Waals surface area contributed by atoms with Crippen LogP contribution in [0.5, 0.6) is 0 Å². The van der Waals surface area contributed by atoms with Gasteiger partial charge in [-0.25, -0.2) is 4.39 Å². The fourth-order valence-corrected chi connectivity index (χ4v) is 3.89. The lowest BCUT2D eigenvalue weighted by Gasteiger charge is -2.09. The molecule has 0 unspecified atom stereocenters. The summed E-state index contributed by atoms with van der Waals surface area (Å²) < 4.78 is 17.2. The van der Waals surface area contributed by atoms with Crippen LogP contribution in [0, 0.1) is 9.39 Å². The third kappa shape index (κ3) is 4.32. The standard InChI is InChI=1S/C19H16FIN4OS/c20-16-4-2-1-3-15(16)18-23-24-19(25(18)14-9-10-14)27-11-17(26)22-13-7-5-12(21)6-8-13/h1-8,14H,9-11H2,(H,22,26). The van der Waals surface area contributed by atoms with E-state index in [1.807, 2.05) is 28.8 Å². The van der Waals surface area contributed by atoms with E-state index in [1.54, 1.807) is 18.2 Å². The van der Waals surface area contributed by atoms with Crippen molar-refractivity contribution in [2.45, 2.75) is 24.0 Å². The van der Waals surface area contributed by atoms with Crippen molar-refractivity contribution in [1.82, 2.24) is 14.8 Å². The van der Waals surface area contributed by atoms with Gasteiger partial charge in [-0.2, -0.15) is 0 Å². The molecular formula is C19H16FIN4OS. The van der Waals surface area contributed by atoms with Crippen LogP contribution in [-0.4, -0.2) is 26.4 Å². The highest BCUT2D eigenvalue weighted by Gasteiger charge is 2.31. The molecule has 1 N–H and O–H groups in total. The third-order valence-electron chi connectivity index (χ3n) is 4.15. The minimum atomic E-state index is -0.320. The number of hydrogen-bond donors (Lipinski definition) is 1. The molecule has 3 aromatic rings. The summed E-state index contributed by atoms with van der Waals surface area (Å²) in [6.07, 6.45) is 2.03. The van der Waals surface area contributed by atoms with Crippen molar-refractivity contribution in [3.63, 3.8) is 0 Å². The van der Waals surface area contributed by atoms with Gasteiger partial charge in [0.05, 0.1) is 11.3 Å². The molecule has 0 spiro atoms. The Morgan fingerprint density at radius 1 is 1.19 bits per heavy atom. The second kappa shape index (κ2) is 7.97. The third-order valence-corrected chi connectivity index (χ3v) is 5.81. The Morgan fingerprint density at radius 3 is 2.63 bits per heavy atom. The first-order valence-corrected chi connectivity index (χ1v) is 10.6. The van der Waals surface area contributed by atoms with E-state index in [1.165, 1.54) is 17.8 Å². The van der Waals surface area contributed by atoms with E-state index in [4.69, 9.17) is 0 Å². The van der Waals surface area contributed by atoms with E-state index < -0.39 is 0 Å². The number of rotatable bonds is 6. The van der Waals surface area contributed by atoms with Crippen molar-refractivity contribution in [3.8, 4) is 11.4 Å². The minimum absolute atomic E-state index is 0.112. The molecule has 4 rings (SSSR count). The van der Waals surface area contributed by atoms with E-state index in [0.717, 1.165) is 22.1 Å². The lowest BCUT2D eigenvalue weighted by molar-refractivity contribution is -0.113. The molecule has 0 saturated heterocycles. The van der Waals surface area contributed by atoms with Gasteiger partial charge in [0.1, 0.15) is 5.82 Å². The Morgan fingerprint density at radius 2 is 1.93 bits per heavy atom. The first-order chi connectivity index (χ1) is 13.1. The van der Waals surface area contributed by atoms with Crippen LogP contribution in [0.2, 0.25) is 0 Å². The first kappa shape index (κ1) is 18.4. The van der Waals surface area contributed by atoms with Gasteiger partial charge in [-0.3, -0.25) is 9.36 Å². The maximum absolute atomic E-state index is 14.2. The maximum Gasteiger partial charge on any atom is 0.234 e. The molecule has 138 valence electrons. The molecule has 1 aliphatic carbocycles. The average Bonchev–Trinajstić information content (AvgIpc) is 3.42. The number of hydrogen-bond acceptors (Lipinski definition) is 4. The number of nitrogens with one attached hydrogen (secondary N) is 1. The molecule has 1 aromatic heterocycles. The summed E-state index contributed by atoms with van der Waals surface area (Å²) >= 11 is 3.54. The Bertz CT molecular complexity index is 972. The van der Waals surface area contributed by atoms with Crippen molar-refractivity contribution in [1.29, 1.82) is 0 Å². The van der Waals surface area contributed by atoms with Gasteiger partial charge in [0.15, 0.2) is 11.0 Å². The van der Waals surface area contributed by atoms with Crippen LogP contribution >= 0.6 is 34.4 Å². The van der Waals surface area contributed by atoms with Gasteiger partial charge < -0.3 is 5.32 Å². The van der Waals surface area contributed by atoms with Crippen molar-refractivity contribution < 1.29 is 9.18 Å². The van der Waals surface area contributed by atoms with Crippen molar-refractivity contribution in [3.05, 3.63) is 57.9 Å². The van der Waals surface area contributed by atoms with Gasteiger partial charge in [-0.1, -0.05) is 23.9 Å². The Hall–Kier alpha value is -1.94. The summed E-state index contributed by atoms with van der Waals surface area (Å²) in [7, 11) is 0. The van der Waals surface area contributed by atoms with Crippen LogP contribution in [-0.2, 0) is 4.79 Å². The van der Waals surface area contributed by atoms with E-state index in [2.05, 4.69) is 38.1 Å². The quantitative estimate of drug-likeness (QED) is 0.397. The van der Waals surface area contributed by atoms with Gasteiger partial charge in [0.2, 0.25) is 5.91 Å². The first-order valence-electron chi connectivity index (χ1n) is 8.50. The van der Waals surface area contributed by atoms with Crippen LogP contribution < -0.4 is 5.32 Å². The lowest BCUT2D eigenvalue weighted by Crippen LogP contribution is -2.14. The Balaban J connectivity index is 1.49. The number of halogens is 2. The van der Waals surface area contributed by atoms with Gasteiger partial charge in [0, 0.05) is 15.3 Å². The highest BCUT2D eigenvalue weighted by Crippen LogP contribution is 2.41. The number of carbonyl (C=O) groups excluding carboxylic acids is 1. The summed E-state index contributed by atoms with van der Waals surface area (Å²) in [5.41, 5.74) is 1.20. The number of anilines is 1. The van der Waals surface area contributed by atoms with Crippen LogP contribution in [0.1, 0.15) is 18.9 Å². The predicted molar refractivity (Wildman–Crippen MR) is 112 cm³/mol. The summed E-state index contributed by atoms with van der Waals surface area (Å²) in [6, 6.07) is 14.4. The molecule has 5 nitrogen and oxygen atoms in total. The molecule has 1 heterocycles. The zero-order chi connectivity index (χ0) is 18.8. The molecule has 2 aromatic carbocycles. The second-order valence-electron chi connectivity index (χ2n) is 6.23. The number of benzene rings is 2. The van der Waals surface area contributed by atoms with Crippen LogP contribution in [0.3, 0.4) is 0 Å². The molecule has 1 aliphatic rings. The number of thioether (sulfide) groups is 1. The smallest absolute Gasteiger partial charge is 0.234 e. The average molecular weight is 494 g/mol.